The van der Waals surface area contributed by atoms with Crippen molar-refractivity contribution in [1.82, 2.24) is 20.2 Å². The Kier molecular flexibility index (Phi) is 14.0. The van der Waals surface area contributed by atoms with E-state index in [1.54, 1.807) is 0 Å². The van der Waals surface area contributed by atoms with E-state index in [1.807, 2.05) is 6.92 Å². The Bertz CT molecular complexity index is 1770. The molecule has 12 heteroatoms. The monoisotopic (exact) mass is 793 g/mol. The van der Waals surface area contributed by atoms with Crippen molar-refractivity contribution in [2.24, 2.45) is 46.3 Å². The van der Waals surface area contributed by atoms with Crippen molar-refractivity contribution in [2.45, 2.75) is 162 Å². The van der Waals surface area contributed by atoms with Crippen molar-refractivity contribution in [3.8, 4) is 0 Å². The number of ketones is 1. The Morgan fingerprint density at radius 3 is 2.54 bits per heavy atom. The number of nitrogens with zero attached hydrogens (tertiary/aromatic N) is 1. The van der Waals surface area contributed by atoms with Crippen LogP contribution in [-0.2, 0) is 28.7 Å². The second-order valence-corrected chi connectivity index (χ2v) is 18.6. The summed E-state index contributed by atoms with van der Waals surface area (Å²) < 4.78 is 12.8. The quantitative estimate of drug-likeness (QED) is 0.0956. The molecule has 0 bridgehead atoms. The number of ether oxygens (including phenoxy) is 2. The van der Waals surface area contributed by atoms with Crippen LogP contribution >= 0.6 is 0 Å². The highest BCUT2D eigenvalue weighted by atomic mass is 16.6. The molecule has 11 atom stereocenters. The van der Waals surface area contributed by atoms with Gasteiger partial charge in [-0.2, -0.15) is 0 Å². The maximum atomic E-state index is 13.0. The molecule has 2 heterocycles. The molecule has 0 radical (unpaired) electrons. The minimum Gasteiger partial charge on any atom is -0.459 e. The maximum Gasteiger partial charge on any atom is 0.330 e. The minimum atomic E-state index is -0.805. The first-order valence-electron chi connectivity index (χ1n) is 22.2. The van der Waals surface area contributed by atoms with Gasteiger partial charge in [-0.25, -0.2) is 4.79 Å². The number of rotatable bonds is 16. The number of H-pyrrole nitrogens is 1. The Morgan fingerprint density at radius 1 is 0.982 bits per heavy atom. The lowest BCUT2D eigenvalue weighted by molar-refractivity contribution is -0.153. The van der Waals surface area contributed by atoms with Crippen molar-refractivity contribution >= 4 is 29.6 Å². The van der Waals surface area contributed by atoms with Gasteiger partial charge in [-0.3, -0.25) is 33.5 Å². The smallest absolute Gasteiger partial charge is 0.330 e. The zero-order valence-electron chi connectivity index (χ0n) is 35.1. The third-order valence-corrected chi connectivity index (χ3v) is 15.6. The highest BCUT2D eigenvalue weighted by Gasteiger charge is 2.60. The first-order valence-corrected chi connectivity index (χ1v) is 22.2. The molecule has 57 heavy (non-hydrogen) atoms. The average molecular weight is 793 g/mol. The molecule has 4 saturated carbocycles. The van der Waals surface area contributed by atoms with E-state index in [1.165, 1.54) is 94.2 Å². The lowest BCUT2D eigenvalue weighted by atomic mass is 9.44. The second-order valence-electron chi connectivity index (χ2n) is 18.6. The van der Waals surface area contributed by atoms with E-state index < -0.39 is 41.6 Å². The molecular formula is C45H68N4O8. The van der Waals surface area contributed by atoms with Gasteiger partial charge in [0.25, 0.3) is 5.56 Å². The Balaban J connectivity index is 0.925. The molecule has 8 unspecified atom stereocenters. The third kappa shape index (κ3) is 9.52. The highest BCUT2D eigenvalue weighted by molar-refractivity contribution is 5.91. The molecule has 316 valence electrons. The van der Waals surface area contributed by atoms with Crippen LogP contribution < -0.4 is 21.9 Å². The Morgan fingerprint density at radius 2 is 1.77 bits per heavy atom. The molecule has 12 nitrogen and oxygen atoms in total. The number of esters is 1. The van der Waals surface area contributed by atoms with Gasteiger partial charge in [-0.1, -0.05) is 40.5 Å². The van der Waals surface area contributed by atoms with Crippen LogP contribution in [0.15, 0.2) is 21.9 Å². The lowest BCUT2D eigenvalue weighted by Gasteiger charge is -2.61. The molecule has 4 aliphatic carbocycles. The van der Waals surface area contributed by atoms with Crippen molar-refractivity contribution in [3.05, 3.63) is 38.7 Å². The summed E-state index contributed by atoms with van der Waals surface area (Å²) in [6, 6.07) is 0. The van der Waals surface area contributed by atoms with Crippen LogP contribution in [0.25, 0.3) is 6.08 Å². The van der Waals surface area contributed by atoms with Crippen LogP contribution in [0.2, 0.25) is 0 Å². The summed E-state index contributed by atoms with van der Waals surface area (Å²) in [4.78, 5) is 77.1. The minimum absolute atomic E-state index is 0.00389. The molecule has 2 amide bonds. The summed E-state index contributed by atoms with van der Waals surface area (Å²) in [7, 11) is 1.49. The molecule has 0 spiro atoms. The van der Waals surface area contributed by atoms with Crippen LogP contribution in [0.3, 0.4) is 0 Å². The van der Waals surface area contributed by atoms with Crippen molar-refractivity contribution in [2.75, 3.05) is 13.6 Å². The van der Waals surface area contributed by atoms with Gasteiger partial charge in [0.1, 0.15) is 18.1 Å². The summed E-state index contributed by atoms with van der Waals surface area (Å²) in [6.07, 6.45) is 19.1. The second kappa shape index (κ2) is 18.6. The fourth-order valence-electron chi connectivity index (χ4n) is 12.5. The standard InChI is InChI=1S/C45H68N4O8/c1-6-36-37(57-41(53)21-20-38(51)46-5)26-40(56-36)49-27-29(42(54)48-43(49)55)13-19-39(52)47-25-9-11-31(50)15-12-28(2)33-17-18-34-32-16-14-30-10-7-8-23-44(30,3)35(32)22-24-45(33,34)4/h13,19,27-28,30,32-37,40H,6-12,14-18,20-26H2,1-5H3,(H,46,51)(H,47,52)(H,48,54,55)/b19-13+/t28?,30?,32?,33?,34?,35?,36-,37+,40-,44?,45?/m1/s1. The fourth-order valence-corrected chi connectivity index (χ4v) is 12.5. The van der Waals surface area contributed by atoms with Gasteiger partial charge in [-0.05, 0) is 123 Å². The number of fused-ring (bicyclic) bond motifs is 5. The van der Waals surface area contributed by atoms with E-state index in [9.17, 15) is 28.8 Å². The number of nitrogens with one attached hydrogen (secondary N) is 3. The highest BCUT2D eigenvalue weighted by Crippen LogP contribution is 2.68. The molecule has 5 aliphatic rings. The van der Waals surface area contributed by atoms with Gasteiger partial charge in [-0.15, -0.1) is 0 Å². The predicted molar refractivity (Wildman–Crippen MR) is 218 cm³/mol. The molecule has 3 N–H and O–H groups in total. The molecule has 0 aromatic carbocycles. The van der Waals surface area contributed by atoms with Crippen LogP contribution in [0, 0.1) is 46.3 Å². The van der Waals surface area contributed by atoms with E-state index in [4.69, 9.17) is 9.47 Å². The van der Waals surface area contributed by atoms with Crippen LogP contribution in [0.1, 0.15) is 155 Å². The number of amides is 2. The van der Waals surface area contributed by atoms with Gasteiger partial charge in [0.15, 0.2) is 0 Å². The molecule has 1 aromatic heterocycles. The number of hydrogen-bond acceptors (Lipinski definition) is 8. The fraction of sp³-hybridized carbons (Fsp3) is 0.778. The van der Waals surface area contributed by atoms with E-state index in [0.29, 0.717) is 54.9 Å². The van der Waals surface area contributed by atoms with Crippen LogP contribution in [0.4, 0.5) is 0 Å². The average Bonchev–Trinajstić information content (AvgIpc) is 3.77. The number of carbonyl (C=O) groups excluding carboxylic acids is 4. The SMILES string of the molecule is CC[C@H]1O[C@@H](n2cc(/C=C/C(=O)NCCCC(=O)CCC(C)C3CCC4C5CCC6CCCCC6(C)C5CCC34C)c(=O)[nH]c2=O)C[C@@H]1OC(=O)CCC(=O)NC. The van der Waals surface area contributed by atoms with E-state index in [-0.39, 0.29) is 36.5 Å². The van der Waals surface area contributed by atoms with Gasteiger partial charge in [0.2, 0.25) is 11.8 Å². The number of aromatic nitrogens is 2. The third-order valence-electron chi connectivity index (χ3n) is 15.6. The van der Waals surface area contributed by atoms with Gasteiger partial charge in [0, 0.05) is 51.5 Å². The predicted octanol–water partition coefficient (Wildman–Crippen LogP) is 6.62. The summed E-state index contributed by atoms with van der Waals surface area (Å²) in [5.74, 6) is 3.84. The van der Waals surface area contributed by atoms with E-state index in [0.717, 1.165) is 30.1 Å². The van der Waals surface area contributed by atoms with E-state index in [2.05, 4.69) is 36.4 Å². The number of aromatic amines is 1. The number of carbonyl (C=O) groups is 4. The molecular weight excluding hydrogens is 725 g/mol. The topological polar surface area (TPSA) is 166 Å². The van der Waals surface area contributed by atoms with Crippen molar-refractivity contribution in [3.63, 3.8) is 0 Å². The van der Waals surface area contributed by atoms with Crippen molar-refractivity contribution in [1.29, 1.82) is 0 Å². The first-order chi connectivity index (χ1) is 27.3. The zero-order valence-corrected chi connectivity index (χ0v) is 35.1. The van der Waals surface area contributed by atoms with Gasteiger partial charge in [0.05, 0.1) is 18.1 Å². The summed E-state index contributed by atoms with van der Waals surface area (Å²) in [5.41, 5.74) is -0.294. The number of hydrogen-bond donors (Lipinski definition) is 3. The van der Waals surface area contributed by atoms with Crippen molar-refractivity contribution < 1.29 is 28.7 Å². The molecule has 1 aliphatic heterocycles. The first kappa shape index (κ1) is 43.0. The number of Topliss-reactive ketones (excluding diaryl/α,β-unsaturated/α-hetero) is 1. The Labute approximate surface area is 338 Å². The Hall–Kier alpha value is -3.54. The summed E-state index contributed by atoms with van der Waals surface area (Å²) in [6.45, 7) is 9.84. The lowest BCUT2D eigenvalue weighted by Crippen LogP contribution is -2.53. The maximum absolute atomic E-state index is 13.0. The molecule has 1 saturated heterocycles. The van der Waals surface area contributed by atoms with Crippen LogP contribution in [0.5, 0.6) is 0 Å². The van der Waals surface area contributed by atoms with Crippen LogP contribution in [-0.4, -0.2) is 58.9 Å². The molecule has 1 aromatic rings. The summed E-state index contributed by atoms with van der Waals surface area (Å²) in [5, 5.41) is 5.26. The zero-order chi connectivity index (χ0) is 40.9. The van der Waals surface area contributed by atoms with E-state index >= 15 is 0 Å². The molecule has 5 fully saturated rings. The van der Waals surface area contributed by atoms with Gasteiger partial charge < -0.3 is 20.1 Å². The van der Waals surface area contributed by atoms with Gasteiger partial charge >= 0.3 is 11.7 Å². The summed E-state index contributed by atoms with van der Waals surface area (Å²) >= 11 is 0. The normalized spacial score (nSPS) is 33.8. The largest absolute Gasteiger partial charge is 0.459 e. The molecule has 6 rings (SSSR count).